The van der Waals surface area contributed by atoms with E-state index in [4.69, 9.17) is 43.6 Å². The number of ether oxygens (including phenoxy) is 5. The maximum atomic E-state index is 18.0. The molecule has 1 unspecified atom stereocenters. The highest BCUT2D eigenvalue weighted by Crippen LogP contribution is 2.48. The van der Waals surface area contributed by atoms with Gasteiger partial charge in [-0.2, -0.15) is 9.97 Å². The monoisotopic (exact) mass is 936 g/mol. The van der Waals surface area contributed by atoms with Gasteiger partial charge in [0.25, 0.3) is 0 Å². The molecule has 68 heavy (non-hydrogen) atoms. The summed E-state index contributed by atoms with van der Waals surface area (Å²) in [6.45, 7) is 12.9. The van der Waals surface area contributed by atoms with Crippen LogP contribution in [-0.4, -0.2) is 118 Å². The lowest BCUT2D eigenvalue weighted by molar-refractivity contribution is 0.000932. The first-order valence-corrected chi connectivity index (χ1v) is 23.6. The molecule has 0 N–H and O–H groups in total. The number of pyridine rings is 2. The quantitative estimate of drug-likeness (QED) is 0.125. The van der Waals surface area contributed by atoms with E-state index in [0.29, 0.717) is 54.5 Å². The first-order chi connectivity index (χ1) is 32.5. The van der Waals surface area contributed by atoms with Gasteiger partial charge >= 0.3 is 12.1 Å². The number of aromatic nitrogens is 4. The van der Waals surface area contributed by atoms with Crippen LogP contribution in [0.4, 0.5) is 29.6 Å². The van der Waals surface area contributed by atoms with Crippen molar-refractivity contribution in [1.29, 1.82) is 0 Å². The number of piperazine rings is 1. The first kappa shape index (κ1) is 45.7. The molecular weight excluding hydrogens is 878 g/mol. The van der Waals surface area contributed by atoms with Gasteiger partial charge in [-0.1, -0.05) is 24.3 Å². The number of rotatable bonds is 11. The molecule has 0 radical (unpaired) electrons. The van der Waals surface area contributed by atoms with Crippen LogP contribution in [-0.2, 0) is 17.8 Å². The number of carbonyl (C=O) groups excluding carboxylic acids is 1. The van der Waals surface area contributed by atoms with Gasteiger partial charge in [-0.25, -0.2) is 27.9 Å². The summed E-state index contributed by atoms with van der Waals surface area (Å²) in [5.41, 5.74) is 0.790. The van der Waals surface area contributed by atoms with Crippen molar-refractivity contribution in [3.05, 3.63) is 82.5 Å². The smallest absolute Gasteiger partial charge is 0.410 e. The van der Waals surface area contributed by atoms with Crippen LogP contribution in [0.2, 0.25) is 0 Å². The molecule has 360 valence electrons. The molecule has 0 aliphatic carbocycles. The second-order valence-electron chi connectivity index (χ2n) is 20.0. The third-order valence-corrected chi connectivity index (χ3v) is 14.5. The van der Waals surface area contributed by atoms with Gasteiger partial charge in [-0.15, -0.1) is 0 Å². The topological polar surface area (TPSA) is 128 Å². The number of aryl methyl sites for hydroxylation is 1. The standard InChI is InChI=1S/C51H59F3N8O6/c1-28-29(2)55-46(59(23-31-10-15-35(64-7)16-11-31)24-32-12-17-36(65-8)18-13-32)40(53)38(28)42-41(54)43-39-45(58-48(57-43)66-27-51-20-9-21-60(51)25-33(52)22-51)61-26-34-14-19-37(44(61)30(3)67-47(39)56-42)62(34)49(63)68-50(4,5)6/h10-13,15-18,30,33-34,37,44H,9,14,19-27H2,1-8H3/t30-,33+,34+,37-,44?,51-/m0/s1. The second kappa shape index (κ2) is 17.5. The fraction of sp³-hybridized carbons (Fsp3) is 0.510. The van der Waals surface area contributed by atoms with Crippen LogP contribution in [0.15, 0.2) is 48.5 Å². The van der Waals surface area contributed by atoms with E-state index >= 15 is 8.78 Å². The lowest BCUT2D eigenvalue weighted by Crippen LogP contribution is -2.65. The number of halogens is 3. The van der Waals surface area contributed by atoms with E-state index in [1.165, 1.54) is 0 Å². The molecule has 10 rings (SSSR count). The zero-order chi connectivity index (χ0) is 47.8. The lowest BCUT2D eigenvalue weighted by Gasteiger charge is -2.48. The second-order valence-corrected chi connectivity index (χ2v) is 20.0. The van der Waals surface area contributed by atoms with Gasteiger partial charge in [0.15, 0.2) is 17.5 Å². The maximum absolute atomic E-state index is 18.0. The third-order valence-electron chi connectivity index (χ3n) is 14.5. The maximum Gasteiger partial charge on any atom is 0.410 e. The fourth-order valence-electron chi connectivity index (χ4n) is 11.2. The Balaban J connectivity index is 1.11. The molecule has 17 heteroatoms. The summed E-state index contributed by atoms with van der Waals surface area (Å²) in [5, 5.41) is 0.216. The molecule has 5 aliphatic rings. The minimum Gasteiger partial charge on any atom is -0.497 e. The number of hydrogen-bond donors (Lipinski definition) is 0. The molecule has 0 saturated carbocycles. The molecule has 1 amide bonds. The first-order valence-electron chi connectivity index (χ1n) is 23.6. The third kappa shape index (κ3) is 8.13. The Hall–Kier alpha value is -6.10. The Kier molecular flexibility index (Phi) is 11.7. The highest BCUT2D eigenvalue weighted by atomic mass is 19.1. The van der Waals surface area contributed by atoms with Crippen LogP contribution >= 0.6 is 0 Å². The van der Waals surface area contributed by atoms with Gasteiger partial charge in [0, 0.05) is 43.9 Å². The normalized spacial score (nSPS) is 24.1. The minimum atomic E-state index is -0.985. The Morgan fingerprint density at radius 3 is 2.24 bits per heavy atom. The van der Waals surface area contributed by atoms with E-state index in [1.54, 1.807) is 28.1 Å². The summed E-state index contributed by atoms with van der Waals surface area (Å²) in [5.74, 6) is 0.0746. The van der Waals surface area contributed by atoms with Gasteiger partial charge in [0.1, 0.15) is 58.4 Å². The van der Waals surface area contributed by atoms with E-state index in [-0.39, 0.29) is 71.6 Å². The highest BCUT2D eigenvalue weighted by Gasteiger charge is 2.54. The summed E-state index contributed by atoms with van der Waals surface area (Å²) >= 11 is 0. The van der Waals surface area contributed by atoms with Crippen molar-refractivity contribution in [3.8, 4) is 34.6 Å². The van der Waals surface area contributed by atoms with Crippen molar-refractivity contribution in [1.82, 2.24) is 29.7 Å². The Bertz CT molecular complexity index is 2690. The molecule has 5 aliphatic heterocycles. The van der Waals surface area contributed by atoms with Crippen molar-refractivity contribution in [2.45, 2.75) is 128 Å². The highest BCUT2D eigenvalue weighted by molar-refractivity contribution is 5.98. The van der Waals surface area contributed by atoms with Gasteiger partial charge in [0.05, 0.1) is 37.9 Å². The number of alkyl halides is 1. The van der Waals surface area contributed by atoms with Crippen molar-refractivity contribution >= 4 is 28.6 Å². The van der Waals surface area contributed by atoms with Crippen molar-refractivity contribution in [2.24, 2.45) is 0 Å². The van der Waals surface area contributed by atoms with Crippen molar-refractivity contribution < 1.29 is 41.7 Å². The predicted octanol–water partition coefficient (Wildman–Crippen LogP) is 8.90. The fourth-order valence-corrected chi connectivity index (χ4v) is 11.2. The number of carbonyl (C=O) groups is 1. The molecule has 4 fully saturated rings. The van der Waals surface area contributed by atoms with Crippen LogP contribution in [0.1, 0.15) is 82.2 Å². The van der Waals surface area contributed by atoms with Gasteiger partial charge in [-0.05, 0) is 115 Å². The number of anilines is 2. The van der Waals surface area contributed by atoms with Gasteiger partial charge in [-0.3, -0.25) is 9.80 Å². The summed E-state index contributed by atoms with van der Waals surface area (Å²) in [7, 11) is 3.19. The summed E-state index contributed by atoms with van der Waals surface area (Å²) < 4.78 is 80.9. The molecule has 14 nitrogen and oxygen atoms in total. The molecule has 3 aromatic heterocycles. The van der Waals surface area contributed by atoms with E-state index in [0.717, 1.165) is 36.9 Å². The van der Waals surface area contributed by atoms with Crippen LogP contribution < -0.4 is 28.7 Å². The van der Waals surface area contributed by atoms with Gasteiger partial charge < -0.3 is 33.5 Å². The van der Waals surface area contributed by atoms with Crippen LogP contribution in [0, 0.1) is 25.5 Å². The minimum absolute atomic E-state index is 0.00193. The predicted molar refractivity (Wildman–Crippen MR) is 250 cm³/mol. The summed E-state index contributed by atoms with van der Waals surface area (Å²) in [6, 6.07) is 13.9. The molecule has 6 atom stereocenters. The molecule has 2 aromatic carbocycles. The number of benzene rings is 2. The zero-order valence-corrected chi connectivity index (χ0v) is 39.9. The zero-order valence-electron chi connectivity index (χ0n) is 39.9. The Morgan fingerprint density at radius 2 is 1.59 bits per heavy atom. The van der Waals surface area contributed by atoms with E-state index < -0.39 is 47.2 Å². The molecule has 0 spiro atoms. The number of hydrogen-bond acceptors (Lipinski definition) is 13. The Labute approximate surface area is 394 Å². The van der Waals surface area contributed by atoms with E-state index in [9.17, 15) is 9.18 Å². The van der Waals surface area contributed by atoms with Crippen LogP contribution in [0.5, 0.6) is 23.4 Å². The number of nitrogens with zero attached hydrogens (tertiary/aromatic N) is 8. The van der Waals surface area contributed by atoms with Crippen molar-refractivity contribution in [3.63, 3.8) is 0 Å². The Morgan fingerprint density at radius 1 is 0.912 bits per heavy atom. The molecule has 8 heterocycles. The van der Waals surface area contributed by atoms with Crippen LogP contribution in [0.3, 0.4) is 0 Å². The number of fused-ring (bicyclic) bond motifs is 6. The average molecular weight is 937 g/mol. The number of amides is 1. The summed E-state index contributed by atoms with van der Waals surface area (Å²) in [6.07, 6.45) is 1.36. The summed E-state index contributed by atoms with van der Waals surface area (Å²) in [4.78, 5) is 41.2. The van der Waals surface area contributed by atoms with Crippen molar-refractivity contribution in [2.75, 3.05) is 50.3 Å². The molecule has 4 saturated heterocycles. The SMILES string of the molecule is COc1ccc(CN(Cc2ccc(OC)cc2)c2nc(C)c(C)c(-c3nc4c5c(nc(OC[C@@]67CCCN6C[C@H](F)C7)nc5c3F)N3C[C@H]5CC[C@@H](C3[C@H](C)O4)N5C(=O)OC(C)(C)C)c2F)cc1. The largest absolute Gasteiger partial charge is 0.497 e. The lowest BCUT2D eigenvalue weighted by atomic mass is 9.95. The van der Waals surface area contributed by atoms with Crippen LogP contribution in [0.25, 0.3) is 22.2 Å². The molecular formula is C51H59F3N8O6. The van der Waals surface area contributed by atoms with E-state index in [2.05, 4.69) is 9.80 Å². The van der Waals surface area contributed by atoms with Gasteiger partial charge in [0.2, 0.25) is 5.88 Å². The number of methoxy groups -OCH3 is 2. The average Bonchev–Trinajstić information content (AvgIpc) is 3.92. The molecule has 2 bridgehead atoms. The van der Waals surface area contributed by atoms with E-state index in [1.807, 2.05) is 86.0 Å². The molecule has 5 aromatic rings.